The van der Waals surface area contributed by atoms with Crippen molar-refractivity contribution >= 4 is 23.3 Å². The normalized spacial score (nSPS) is 14.4. The van der Waals surface area contributed by atoms with Crippen LogP contribution in [0.5, 0.6) is 0 Å². The molecule has 0 unspecified atom stereocenters. The van der Waals surface area contributed by atoms with E-state index >= 15 is 0 Å². The molecule has 92 valence electrons. The third-order valence-electron chi connectivity index (χ3n) is 2.75. The number of carbonyl (C=O) groups is 1. The van der Waals surface area contributed by atoms with Crippen molar-refractivity contribution in [2.45, 2.75) is 19.3 Å². The fraction of sp³-hybridized carbons (Fsp3) is 0.462. The summed E-state index contributed by atoms with van der Waals surface area (Å²) in [7, 11) is 0. The van der Waals surface area contributed by atoms with E-state index in [0.717, 1.165) is 18.0 Å². The van der Waals surface area contributed by atoms with Gasteiger partial charge in [0.1, 0.15) is 6.54 Å². The number of ether oxygens (including phenoxy) is 1. The Balaban J connectivity index is 1.64. The Labute approximate surface area is 106 Å². The van der Waals surface area contributed by atoms with E-state index in [0.29, 0.717) is 11.6 Å². The molecule has 1 saturated carbocycles. The molecule has 0 aromatic heterocycles. The number of nitrogens with one attached hydrogen (secondary N) is 1. The molecule has 0 aliphatic heterocycles. The molecule has 1 N–H and O–H groups in total. The predicted molar refractivity (Wildman–Crippen MR) is 68.2 cm³/mol. The molecule has 0 amide bonds. The molecule has 0 saturated heterocycles. The first-order chi connectivity index (χ1) is 8.24. The zero-order valence-electron chi connectivity index (χ0n) is 9.62. The van der Waals surface area contributed by atoms with Crippen molar-refractivity contribution < 1.29 is 9.53 Å². The first-order valence-corrected chi connectivity index (χ1v) is 6.27. The molecule has 1 aliphatic rings. The van der Waals surface area contributed by atoms with Crippen LogP contribution < -0.4 is 5.32 Å². The van der Waals surface area contributed by atoms with E-state index in [9.17, 15) is 4.79 Å². The number of halogens is 1. The van der Waals surface area contributed by atoms with Crippen LogP contribution >= 0.6 is 11.6 Å². The van der Waals surface area contributed by atoms with Crippen molar-refractivity contribution in [2.24, 2.45) is 5.92 Å². The number of rotatable bonds is 6. The molecule has 0 atom stereocenters. The van der Waals surface area contributed by atoms with Crippen LogP contribution in [-0.4, -0.2) is 19.1 Å². The Morgan fingerprint density at radius 1 is 1.47 bits per heavy atom. The molecule has 1 aromatic carbocycles. The molecule has 0 spiro atoms. The molecule has 0 heterocycles. The lowest BCUT2D eigenvalue weighted by Crippen LogP contribution is -2.17. The SMILES string of the molecule is O=C(CNc1cccc(Cl)c1)OCCC1CC1. The van der Waals surface area contributed by atoms with E-state index < -0.39 is 0 Å². The van der Waals surface area contributed by atoms with Crippen LogP contribution in [0.25, 0.3) is 0 Å². The molecule has 4 heteroatoms. The van der Waals surface area contributed by atoms with E-state index in [4.69, 9.17) is 16.3 Å². The summed E-state index contributed by atoms with van der Waals surface area (Å²) in [5.74, 6) is 0.578. The molecule has 1 fully saturated rings. The van der Waals surface area contributed by atoms with Crippen LogP contribution in [0.15, 0.2) is 24.3 Å². The summed E-state index contributed by atoms with van der Waals surface area (Å²) in [6, 6.07) is 7.27. The minimum absolute atomic E-state index is 0.186. The topological polar surface area (TPSA) is 38.3 Å². The van der Waals surface area contributed by atoms with Gasteiger partial charge in [-0.1, -0.05) is 30.5 Å². The lowest BCUT2D eigenvalue weighted by atomic mass is 10.3. The van der Waals surface area contributed by atoms with Crippen molar-refractivity contribution in [1.29, 1.82) is 0 Å². The first kappa shape index (κ1) is 12.2. The van der Waals surface area contributed by atoms with Gasteiger partial charge in [0, 0.05) is 10.7 Å². The van der Waals surface area contributed by atoms with Crippen LogP contribution in [-0.2, 0) is 9.53 Å². The minimum Gasteiger partial charge on any atom is -0.464 e. The van der Waals surface area contributed by atoms with Gasteiger partial charge in [0.25, 0.3) is 0 Å². The van der Waals surface area contributed by atoms with Gasteiger partial charge >= 0.3 is 5.97 Å². The molecule has 17 heavy (non-hydrogen) atoms. The fourth-order valence-corrected chi connectivity index (χ4v) is 1.76. The van der Waals surface area contributed by atoms with E-state index in [1.54, 1.807) is 12.1 Å². The smallest absolute Gasteiger partial charge is 0.325 e. The van der Waals surface area contributed by atoms with Gasteiger partial charge in [-0.05, 0) is 30.5 Å². The summed E-state index contributed by atoms with van der Waals surface area (Å²) in [4.78, 5) is 11.4. The largest absolute Gasteiger partial charge is 0.464 e. The molecule has 1 aliphatic carbocycles. The lowest BCUT2D eigenvalue weighted by molar-refractivity contribution is -0.141. The molecule has 1 aromatic rings. The fourth-order valence-electron chi connectivity index (χ4n) is 1.57. The van der Waals surface area contributed by atoms with Gasteiger partial charge in [-0.25, -0.2) is 0 Å². The van der Waals surface area contributed by atoms with Crippen LogP contribution in [0.1, 0.15) is 19.3 Å². The van der Waals surface area contributed by atoms with Gasteiger partial charge in [-0.2, -0.15) is 0 Å². The zero-order chi connectivity index (χ0) is 12.1. The highest BCUT2D eigenvalue weighted by Crippen LogP contribution is 2.32. The summed E-state index contributed by atoms with van der Waals surface area (Å²) in [6.45, 7) is 0.728. The quantitative estimate of drug-likeness (QED) is 0.792. The number of hydrogen-bond donors (Lipinski definition) is 1. The number of anilines is 1. The Bertz CT molecular complexity index is 391. The van der Waals surface area contributed by atoms with Crippen LogP contribution in [0.3, 0.4) is 0 Å². The number of benzene rings is 1. The number of hydrogen-bond acceptors (Lipinski definition) is 3. The third-order valence-corrected chi connectivity index (χ3v) is 2.98. The summed E-state index contributed by atoms with van der Waals surface area (Å²) in [5, 5.41) is 3.63. The van der Waals surface area contributed by atoms with Crippen LogP contribution in [0.2, 0.25) is 5.02 Å². The molecule has 0 radical (unpaired) electrons. The average molecular weight is 254 g/mol. The van der Waals surface area contributed by atoms with Gasteiger partial charge in [-0.3, -0.25) is 4.79 Å². The van der Waals surface area contributed by atoms with Gasteiger partial charge in [0.05, 0.1) is 6.61 Å². The number of esters is 1. The molecule has 0 bridgehead atoms. The maximum absolute atomic E-state index is 11.4. The second-order valence-electron chi connectivity index (χ2n) is 4.32. The second-order valence-corrected chi connectivity index (χ2v) is 4.75. The highest BCUT2D eigenvalue weighted by atomic mass is 35.5. The Kier molecular flexibility index (Phi) is 4.26. The van der Waals surface area contributed by atoms with E-state index in [1.165, 1.54) is 12.8 Å². The van der Waals surface area contributed by atoms with Crippen molar-refractivity contribution in [2.75, 3.05) is 18.5 Å². The summed E-state index contributed by atoms with van der Waals surface area (Å²) in [6.07, 6.45) is 3.58. The molecular formula is C13H16ClNO2. The highest BCUT2D eigenvalue weighted by Gasteiger charge is 2.21. The minimum atomic E-state index is -0.217. The lowest BCUT2D eigenvalue weighted by Gasteiger charge is -2.07. The predicted octanol–water partition coefficient (Wildman–Crippen LogP) is 3.10. The van der Waals surface area contributed by atoms with Crippen molar-refractivity contribution in [3.05, 3.63) is 29.3 Å². The number of carbonyl (C=O) groups excluding carboxylic acids is 1. The standard InChI is InChI=1S/C13H16ClNO2/c14-11-2-1-3-12(8-11)15-9-13(16)17-7-6-10-4-5-10/h1-3,8,10,15H,4-7,9H2. The summed E-state index contributed by atoms with van der Waals surface area (Å²) < 4.78 is 5.11. The van der Waals surface area contributed by atoms with Gasteiger partial charge in [0.2, 0.25) is 0 Å². The summed E-state index contributed by atoms with van der Waals surface area (Å²) in [5.41, 5.74) is 0.830. The third kappa shape index (κ3) is 4.65. The first-order valence-electron chi connectivity index (χ1n) is 5.89. The zero-order valence-corrected chi connectivity index (χ0v) is 10.4. The Morgan fingerprint density at radius 3 is 3.00 bits per heavy atom. The highest BCUT2D eigenvalue weighted by molar-refractivity contribution is 6.30. The maximum Gasteiger partial charge on any atom is 0.325 e. The van der Waals surface area contributed by atoms with Gasteiger partial charge in [0.15, 0.2) is 0 Å². The second kappa shape index (κ2) is 5.92. The molecular weight excluding hydrogens is 238 g/mol. The van der Waals surface area contributed by atoms with Gasteiger partial charge in [-0.15, -0.1) is 0 Å². The van der Waals surface area contributed by atoms with E-state index in [1.807, 2.05) is 12.1 Å². The van der Waals surface area contributed by atoms with Crippen LogP contribution in [0.4, 0.5) is 5.69 Å². The van der Waals surface area contributed by atoms with E-state index in [2.05, 4.69) is 5.32 Å². The maximum atomic E-state index is 11.4. The Hall–Kier alpha value is -1.22. The molecule has 2 rings (SSSR count). The van der Waals surface area contributed by atoms with Gasteiger partial charge < -0.3 is 10.1 Å². The van der Waals surface area contributed by atoms with E-state index in [-0.39, 0.29) is 12.5 Å². The Morgan fingerprint density at radius 2 is 2.29 bits per heavy atom. The molecule has 3 nitrogen and oxygen atoms in total. The monoisotopic (exact) mass is 253 g/mol. The van der Waals surface area contributed by atoms with Crippen molar-refractivity contribution in [3.63, 3.8) is 0 Å². The van der Waals surface area contributed by atoms with Crippen LogP contribution in [0, 0.1) is 5.92 Å². The van der Waals surface area contributed by atoms with Crippen molar-refractivity contribution in [3.8, 4) is 0 Å². The van der Waals surface area contributed by atoms with Crippen molar-refractivity contribution in [1.82, 2.24) is 0 Å². The summed E-state index contributed by atoms with van der Waals surface area (Å²) >= 11 is 5.83. The average Bonchev–Trinajstić information content (AvgIpc) is 3.11.